The molecule has 0 amide bonds. The van der Waals surface area contributed by atoms with Crippen molar-refractivity contribution in [2.75, 3.05) is 7.11 Å². The smallest absolute Gasteiger partial charge is 0.338 e. The number of halogens is 2. The first-order valence-electron chi connectivity index (χ1n) is 8.81. The number of nitrogens with zero attached hydrogens (tertiary/aromatic N) is 1. The molecule has 0 fully saturated rings. The van der Waals surface area contributed by atoms with E-state index in [2.05, 4.69) is 9.97 Å². The van der Waals surface area contributed by atoms with Gasteiger partial charge in [0.15, 0.2) is 5.82 Å². The average molecular weight is 441 g/mol. The van der Waals surface area contributed by atoms with Crippen LogP contribution >= 0.6 is 23.2 Å². The summed E-state index contributed by atoms with van der Waals surface area (Å²) < 4.78 is 10.6. The molecule has 0 saturated carbocycles. The molecule has 0 unspecified atom stereocenters. The van der Waals surface area contributed by atoms with Gasteiger partial charge < -0.3 is 14.1 Å². The monoisotopic (exact) mass is 440 g/mol. The maximum absolute atomic E-state index is 12.3. The molecular weight excluding hydrogens is 427 g/mol. The van der Waals surface area contributed by atoms with E-state index >= 15 is 0 Å². The molecule has 6 nitrogen and oxygen atoms in total. The van der Waals surface area contributed by atoms with E-state index in [1.807, 2.05) is 0 Å². The van der Waals surface area contributed by atoms with E-state index < -0.39 is 5.97 Å². The lowest BCUT2D eigenvalue weighted by molar-refractivity contribution is 0.0601. The van der Waals surface area contributed by atoms with Crippen LogP contribution in [-0.2, 0) is 4.74 Å². The van der Waals surface area contributed by atoms with Gasteiger partial charge in [-0.15, -0.1) is 0 Å². The lowest BCUT2D eigenvalue weighted by Gasteiger charge is -2.05. The predicted octanol–water partition coefficient (Wildman–Crippen LogP) is 5.36. The predicted molar refractivity (Wildman–Crippen MR) is 117 cm³/mol. The molecule has 0 aliphatic carbocycles. The number of esters is 1. The van der Waals surface area contributed by atoms with Gasteiger partial charge in [0, 0.05) is 16.7 Å². The standard InChI is InChI=1S/C22H14Cl2N2O4/c1-29-22(28)15-5-3-2-4-14(15)19-9-7-13(30-19)11-17(24)20-25-18-8-6-12(23)10-16(18)21(27)26-20/h2-11H,1H3,(H,25,26,27)/b17-11-. The fourth-order valence-electron chi connectivity index (χ4n) is 2.98. The lowest BCUT2D eigenvalue weighted by atomic mass is 10.1. The van der Waals surface area contributed by atoms with Gasteiger partial charge in [-0.3, -0.25) is 4.79 Å². The van der Waals surface area contributed by atoms with E-state index in [0.717, 1.165) is 0 Å². The van der Waals surface area contributed by atoms with Crippen LogP contribution in [0.15, 0.2) is 63.8 Å². The van der Waals surface area contributed by atoms with Crippen molar-refractivity contribution < 1.29 is 13.9 Å². The fourth-order valence-corrected chi connectivity index (χ4v) is 3.35. The summed E-state index contributed by atoms with van der Waals surface area (Å²) in [5.74, 6) is 0.634. The second-order valence-electron chi connectivity index (χ2n) is 6.31. The number of hydrogen-bond acceptors (Lipinski definition) is 5. The number of carbonyl (C=O) groups excluding carboxylic acids is 1. The first-order valence-corrected chi connectivity index (χ1v) is 9.56. The summed E-state index contributed by atoms with van der Waals surface area (Å²) in [4.78, 5) is 31.3. The second-order valence-corrected chi connectivity index (χ2v) is 7.15. The van der Waals surface area contributed by atoms with Crippen molar-refractivity contribution in [3.8, 4) is 11.3 Å². The van der Waals surface area contributed by atoms with E-state index in [4.69, 9.17) is 32.4 Å². The number of aromatic nitrogens is 2. The van der Waals surface area contributed by atoms with Crippen LogP contribution in [0.5, 0.6) is 0 Å². The van der Waals surface area contributed by atoms with Crippen LogP contribution in [0.2, 0.25) is 5.02 Å². The Morgan fingerprint density at radius 2 is 1.97 bits per heavy atom. The molecule has 0 atom stereocenters. The van der Waals surface area contributed by atoms with E-state index in [-0.39, 0.29) is 16.4 Å². The maximum Gasteiger partial charge on any atom is 0.338 e. The number of carbonyl (C=O) groups is 1. The topological polar surface area (TPSA) is 85.2 Å². The summed E-state index contributed by atoms with van der Waals surface area (Å²) >= 11 is 12.3. The summed E-state index contributed by atoms with van der Waals surface area (Å²) in [6.07, 6.45) is 1.53. The molecule has 2 heterocycles. The molecule has 30 heavy (non-hydrogen) atoms. The Hall–Kier alpha value is -3.35. The van der Waals surface area contributed by atoms with Crippen LogP contribution in [0, 0.1) is 0 Å². The van der Waals surface area contributed by atoms with Gasteiger partial charge in [0.05, 0.1) is 28.6 Å². The number of H-pyrrole nitrogens is 1. The molecule has 0 radical (unpaired) electrons. The molecule has 4 rings (SSSR count). The number of benzene rings is 2. The van der Waals surface area contributed by atoms with Crippen molar-refractivity contribution in [3.63, 3.8) is 0 Å². The van der Waals surface area contributed by atoms with Gasteiger partial charge >= 0.3 is 5.97 Å². The second kappa shape index (κ2) is 8.18. The Morgan fingerprint density at radius 3 is 2.77 bits per heavy atom. The zero-order valence-electron chi connectivity index (χ0n) is 15.6. The highest BCUT2D eigenvalue weighted by molar-refractivity contribution is 6.50. The SMILES string of the molecule is COC(=O)c1ccccc1-c1ccc(/C=C(\Cl)c2nc3ccc(Cl)cc3c(=O)[nH]2)o1. The first kappa shape index (κ1) is 19.9. The van der Waals surface area contributed by atoms with E-state index in [1.54, 1.807) is 54.6 Å². The molecule has 8 heteroatoms. The third kappa shape index (κ3) is 3.87. The third-order valence-corrected chi connectivity index (χ3v) is 4.91. The summed E-state index contributed by atoms with van der Waals surface area (Å²) in [7, 11) is 1.32. The Bertz CT molecular complexity index is 1350. The number of fused-ring (bicyclic) bond motifs is 1. The average Bonchev–Trinajstić information content (AvgIpc) is 3.21. The molecule has 0 spiro atoms. The fraction of sp³-hybridized carbons (Fsp3) is 0.0455. The van der Waals surface area contributed by atoms with Crippen molar-refractivity contribution in [1.82, 2.24) is 9.97 Å². The van der Waals surface area contributed by atoms with Crippen molar-refractivity contribution in [2.24, 2.45) is 0 Å². The number of nitrogens with one attached hydrogen (secondary N) is 1. The Labute approximate surface area is 180 Å². The minimum absolute atomic E-state index is 0.186. The number of hydrogen-bond donors (Lipinski definition) is 1. The molecular formula is C22H14Cl2N2O4. The van der Waals surface area contributed by atoms with E-state index in [1.165, 1.54) is 13.2 Å². The molecule has 2 aromatic carbocycles. The molecule has 4 aromatic rings. The van der Waals surface area contributed by atoms with Crippen molar-refractivity contribution in [2.45, 2.75) is 0 Å². The van der Waals surface area contributed by atoms with E-state index in [9.17, 15) is 9.59 Å². The number of furan rings is 1. The van der Waals surface area contributed by atoms with Gasteiger partial charge in [0.25, 0.3) is 5.56 Å². The molecule has 0 saturated heterocycles. The van der Waals surface area contributed by atoms with Crippen molar-refractivity contribution >= 4 is 51.2 Å². The van der Waals surface area contributed by atoms with Crippen LogP contribution < -0.4 is 5.56 Å². The molecule has 150 valence electrons. The number of rotatable bonds is 4. The minimum Gasteiger partial charge on any atom is -0.465 e. The van der Waals surface area contributed by atoms with Gasteiger partial charge in [-0.1, -0.05) is 41.4 Å². The maximum atomic E-state index is 12.3. The molecule has 2 aromatic heterocycles. The van der Waals surface area contributed by atoms with Gasteiger partial charge in [0.2, 0.25) is 0 Å². The van der Waals surface area contributed by atoms with Gasteiger partial charge in [-0.25, -0.2) is 9.78 Å². The summed E-state index contributed by atoms with van der Waals surface area (Å²) in [6.45, 7) is 0. The van der Waals surface area contributed by atoms with Crippen molar-refractivity contribution in [3.05, 3.63) is 87.1 Å². The normalized spacial score (nSPS) is 11.6. The van der Waals surface area contributed by atoms with Crippen LogP contribution in [0.1, 0.15) is 21.9 Å². The molecule has 0 aliphatic rings. The molecule has 1 N–H and O–H groups in total. The van der Waals surface area contributed by atoms with Gasteiger partial charge in [0.1, 0.15) is 11.5 Å². The van der Waals surface area contributed by atoms with Crippen LogP contribution in [0.4, 0.5) is 0 Å². The Balaban J connectivity index is 1.70. The Morgan fingerprint density at radius 1 is 1.17 bits per heavy atom. The Kier molecular flexibility index (Phi) is 5.44. The van der Waals surface area contributed by atoms with Gasteiger partial charge in [-0.2, -0.15) is 0 Å². The number of methoxy groups -OCH3 is 1. The highest BCUT2D eigenvalue weighted by Crippen LogP contribution is 2.29. The van der Waals surface area contributed by atoms with Crippen LogP contribution in [0.3, 0.4) is 0 Å². The zero-order valence-corrected chi connectivity index (χ0v) is 17.1. The largest absolute Gasteiger partial charge is 0.465 e. The quantitative estimate of drug-likeness (QED) is 0.431. The highest BCUT2D eigenvalue weighted by Gasteiger charge is 2.15. The van der Waals surface area contributed by atoms with E-state index in [0.29, 0.717) is 38.6 Å². The summed E-state index contributed by atoms with van der Waals surface area (Å²) in [6, 6.07) is 15.2. The highest BCUT2D eigenvalue weighted by atomic mass is 35.5. The zero-order chi connectivity index (χ0) is 21.3. The summed E-state index contributed by atoms with van der Waals surface area (Å²) in [5.41, 5.74) is 1.09. The molecule has 0 bridgehead atoms. The summed E-state index contributed by atoms with van der Waals surface area (Å²) in [5, 5.41) is 1.00. The number of ether oxygens (including phenoxy) is 1. The lowest BCUT2D eigenvalue weighted by Crippen LogP contribution is -2.10. The third-order valence-electron chi connectivity index (χ3n) is 4.39. The molecule has 0 aliphatic heterocycles. The van der Waals surface area contributed by atoms with Crippen molar-refractivity contribution in [1.29, 1.82) is 0 Å². The van der Waals surface area contributed by atoms with Crippen LogP contribution in [0.25, 0.3) is 33.3 Å². The minimum atomic E-state index is -0.463. The number of aromatic amines is 1. The first-order chi connectivity index (χ1) is 14.5. The van der Waals surface area contributed by atoms with Crippen LogP contribution in [-0.4, -0.2) is 23.0 Å². The van der Waals surface area contributed by atoms with Gasteiger partial charge in [-0.05, 0) is 36.4 Å².